The minimum atomic E-state index is -0.0298. The van der Waals surface area contributed by atoms with E-state index in [4.69, 9.17) is 5.73 Å². The van der Waals surface area contributed by atoms with Crippen molar-refractivity contribution in [2.24, 2.45) is 10.7 Å². The van der Waals surface area contributed by atoms with E-state index in [-0.39, 0.29) is 42.4 Å². The van der Waals surface area contributed by atoms with Gasteiger partial charge in [0.25, 0.3) is 0 Å². The molecule has 1 heterocycles. The summed E-state index contributed by atoms with van der Waals surface area (Å²) >= 11 is 0. The molecule has 27 heavy (non-hydrogen) atoms. The van der Waals surface area contributed by atoms with Crippen LogP contribution in [0.4, 0.5) is 11.4 Å². The molecular formula is C21H27IN4O. The molecule has 0 saturated heterocycles. The van der Waals surface area contributed by atoms with Gasteiger partial charge in [0.15, 0.2) is 5.96 Å². The summed E-state index contributed by atoms with van der Waals surface area (Å²) in [6, 6.07) is 16.1. The molecule has 2 aromatic carbocycles. The van der Waals surface area contributed by atoms with Crippen molar-refractivity contribution in [1.82, 2.24) is 0 Å². The molecule has 0 unspecified atom stereocenters. The summed E-state index contributed by atoms with van der Waals surface area (Å²) in [6.45, 7) is 5.06. The summed E-state index contributed by atoms with van der Waals surface area (Å²) in [5, 5.41) is 3.07. The van der Waals surface area contributed by atoms with Crippen LogP contribution in [0.3, 0.4) is 0 Å². The average molecular weight is 478 g/mol. The van der Waals surface area contributed by atoms with E-state index in [0.29, 0.717) is 5.92 Å². The normalized spacial score (nSPS) is 13.7. The Bertz CT molecular complexity index is 819. The molecule has 3 N–H and O–H groups in total. The van der Waals surface area contributed by atoms with Gasteiger partial charge in [-0.1, -0.05) is 44.2 Å². The van der Waals surface area contributed by atoms with Crippen LogP contribution in [0.25, 0.3) is 0 Å². The van der Waals surface area contributed by atoms with Gasteiger partial charge in [-0.15, -0.1) is 24.0 Å². The Hall–Kier alpha value is -2.09. The smallest absolute Gasteiger partial charge is 0.248 e. The number of aryl methyl sites for hydroxylation is 1. The standard InChI is InChI=1S/C21H26N4O.HI/c1-15(2)17-8-5-10-18(13-17)24-21(22)23-14-20(26)25-12-6-9-16-7-3-4-11-19(16)25;/h3-5,7-8,10-11,13,15H,6,9,12,14H2,1-2H3,(H3,22,23,24);1H. The predicted octanol–water partition coefficient (Wildman–Crippen LogP) is 4.13. The molecule has 1 aliphatic rings. The molecule has 1 amide bonds. The monoisotopic (exact) mass is 478 g/mol. The lowest BCUT2D eigenvalue weighted by Crippen LogP contribution is -2.37. The van der Waals surface area contributed by atoms with Gasteiger partial charge >= 0.3 is 0 Å². The number of amides is 1. The summed E-state index contributed by atoms with van der Waals surface area (Å²) in [4.78, 5) is 18.6. The van der Waals surface area contributed by atoms with Gasteiger partial charge in [0.05, 0.1) is 0 Å². The third kappa shape index (κ3) is 5.45. The molecule has 6 heteroatoms. The number of para-hydroxylation sites is 1. The molecule has 3 rings (SSSR count). The number of rotatable bonds is 4. The number of aliphatic imine (C=N–C) groups is 1. The van der Waals surface area contributed by atoms with Gasteiger partial charge in [0.2, 0.25) is 5.91 Å². The predicted molar refractivity (Wildman–Crippen MR) is 123 cm³/mol. The fraction of sp³-hybridized carbons (Fsp3) is 0.333. The molecule has 0 radical (unpaired) electrons. The van der Waals surface area contributed by atoms with Crippen LogP contribution in [0, 0.1) is 0 Å². The molecule has 1 aliphatic heterocycles. The minimum Gasteiger partial charge on any atom is -0.370 e. The highest BCUT2D eigenvalue weighted by atomic mass is 127. The van der Waals surface area contributed by atoms with Gasteiger partial charge in [-0.2, -0.15) is 0 Å². The van der Waals surface area contributed by atoms with Crippen molar-refractivity contribution in [2.45, 2.75) is 32.6 Å². The van der Waals surface area contributed by atoms with Crippen molar-refractivity contribution >= 4 is 47.2 Å². The number of hydrogen-bond acceptors (Lipinski definition) is 2. The van der Waals surface area contributed by atoms with Crippen molar-refractivity contribution in [3.63, 3.8) is 0 Å². The quantitative estimate of drug-likeness (QED) is 0.395. The Balaban J connectivity index is 0.00000261. The van der Waals surface area contributed by atoms with E-state index in [1.165, 1.54) is 11.1 Å². The SMILES string of the molecule is CC(C)c1cccc(NC(N)=NCC(=O)N2CCCc3ccccc32)c1.I. The first kappa shape index (κ1) is 21.2. The van der Waals surface area contributed by atoms with Gasteiger partial charge in [0, 0.05) is 17.9 Å². The largest absolute Gasteiger partial charge is 0.370 e. The molecule has 2 aromatic rings. The van der Waals surface area contributed by atoms with Gasteiger partial charge in [-0.25, -0.2) is 4.99 Å². The lowest BCUT2D eigenvalue weighted by atomic mass is 10.0. The van der Waals surface area contributed by atoms with Crippen LogP contribution in [0.1, 0.15) is 37.3 Å². The molecule has 0 fully saturated rings. The van der Waals surface area contributed by atoms with E-state index < -0.39 is 0 Å². The maximum Gasteiger partial charge on any atom is 0.248 e. The second-order valence-corrected chi connectivity index (χ2v) is 6.88. The second-order valence-electron chi connectivity index (χ2n) is 6.88. The Morgan fingerprint density at radius 3 is 2.78 bits per heavy atom. The number of anilines is 2. The van der Waals surface area contributed by atoms with Gasteiger partial charge in [-0.3, -0.25) is 4.79 Å². The molecule has 144 valence electrons. The van der Waals surface area contributed by atoms with E-state index in [2.05, 4.69) is 42.4 Å². The van der Waals surface area contributed by atoms with Crippen LogP contribution in [-0.2, 0) is 11.2 Å². The Kier molecular flexibility index (Phi) is 7.65. The van der Waals surface area contributed by atoms with Crippen LogP contribution < -0.4 is 16.0 Å². The molecule has 0 spiro atoms. The van der Waals surface area contributed by atoms with Crippen molar-refractivity contribution in [3.8, 4) is 0 Å². The van der Waals surface area contributed by atoms with E-state index in [1.807, 2.05) is 35.2 Å². The van der Waals surface area contributed by atoms with E-state index >= 15 is 0 Å². The van der Waals surface area contributed by atoms with Crippen molar-refractivity contribution < 1.29 is 4.79 Å². The number of carbonyl (C=O) groups is 1. The molecule has 0 bridgehead atoms. The molecule has 5 nitrogen and oxygen atoms in total. The first-order valence-corrected chi connectivity index (χ1v) is 9.10. The highest BCUT2D eigenvalue weighted by Gasteiger charge is 2.21. The average Bonchev–Trinajstić information content (AvgIpc) is 2.66. The minimum absolute atomic E-state index is 0. The molecule has 0 atom stereocenters. The highest BCUT2D eigenvalue weighted by molar-refractivity contribution is 14.0. The maximum atomic E-state index is 12.6. The Morgan fingerprint density at radius 2 is 2.00 bits per heavy atom. The zero-order chi connectivity index (χ0) is 18.5. The lowest BCUT2D eigenvalue weighted by Gasteiger charge is -2.29. The van der Waals surface area contributed by atoms with Crippen LogP contribution in [-0.4, -0.2) is 25.0 Å². The summed E-state index contributed by atoms with van der Waals surface area (Å²) in [5.41, 5.74) is 10.3. The topological polar surface area (TPSA) is 70.7 Å². The van der Waals surface area contributed by atoms with Crippen molar-refractivity contribution in [3.05, 3.63) is 59.7 Å². The first-order valence-electron chi connectivity index (χ1n) is 9.10. The Morgan fingerprint density at radius 1 is 1.22 bits per heavy atom. The summed E-state index contributed by atoms with van der Waals surface area (Å²) in [7, 11) is 0. The third-order valence-corrected chi connectivity index (χ3v) is 4.62. The summed E-state index contributed by atoms with van der Waals surface area (Å²) < 4.78 is 0. The number of nitrogens with one attached hydrogen (secondary N) is 1. The molecule has 0 aliphatic carbocycles. The number of fused-ring (bicyclic) bond motifs is 1. The van der Waals surface area contributed by atoms with Crippen LogP contribution in [0.2, 0.25) is 0 Å². The summed E-state index contributed by atoms with van der Waals surface area (Å²) in [6.07, 6.45) is 1.99. The van der Waals surface area contributed by atoms with Crippen LogP contribution in [0.15, 0.2) is 53.5 Å². The summed E-state index contributed by atoms with van der Waals surface area (Å²) in [5.74, 6) is 0.665. The number of hydrogen-bond donors (Lipinski definition) is 2. The number of guanidine groups is 1. The number of nitrogens with zero attached hydrogens (tertiary/aromatic N) is 2. The third-order valence-electron chi connectivity index (χ3n) is 4.62. The first-order chi connectivity index (χ1) is 12.5. The zero-order valence-corrected chi connectivity index (χ0v) is 18.1. The van der Waals surface area contributed by atoms with E-state index in [9.17, 15) is 4.79 Å². The number of halogens is 1. The van der Waals surface area contributed by atoms with Crippen LogP contribution in [0.5, 0.6) is 0 Å². The van der Waals surface area contributed by atoms with E-state index in [1.54, 1.807) is 0 Å². The molecular weight excluding hydrogens is 451 g/mol. The highest BCUT2D eigenvalue weighted by Crippen LogP contribution is 2.26. The fourth-order valence-electron chi connectivity index (χ4n) is 3.19. The number of carbonyl (C=O) groups excluding carboxylic acids is 1. The van der Waals surface area contributed by atoms with Gasteiger partial charge < -0.3 is 16.0 Å². The fourth-order valence-corrected chi connectivity index (χ4v) is 3.19. The maximum absolute atomic E-state index is 12.6. The van der Waals surface area contributed by atoms with Crippen LogP contribution >= 0.6 is 24.0 Å². The van der Waals surface area contributed by atoms with Crippen molar-refractivity contribution in [2.75, 3.05) is 23.3 Å². The lowest BCUT2D eigenvalue weighted by molar-refractivity contribution is -0.117. The molecule has 0 saturated carbocycles. The zero-order valence-electron chi connectivity index (χ0n) is 15.8. The molecule has 0 aromatic heterocycles. The Labute approximate surface area is 178 Å². The number of benzene rings is 2. The van der Waals surface area contributed by atoms with Gasteiger partial charge in [0.1, 0.15) is 6.54 Å². The van der Waals surface area contributed by atoms with E-state index in [0.717, 1.165) is 30.8 Å². The second kappa shape index (κ2) is 9.73. The number of nitrogens with two attached hydrogens (primary N) is 1. The van der Waals surface area contributed by atoms with Crippen molar-refractivity contribution in [1.29, 1.82) is 0 Å². The van der Waals surface area contributed by atoms with Gasteiger partial charge in [-0.05, 0) is 48.1 Å².